The number of hydrogen-bond donors (Lipinski definition) is 3. The summed E-state index contributed by atoms with van der Waals surface area (Å²) in [6.07, 6.45) is 4.21. The summed E-state index contributed by atoms with van der Waals surface area (Å²) >= 11 is 0. The Morgan fingerprint density at radius 2 is 1.84 bits per heavy atom. The molecule has 0 aliphatic heterocycles. The molecule has 0 amide bonds. The third-order valence-corrected chi connectivity index (χ3v) is 3.93. The van der Waals surface area contributed by atoms with Crippen LogP contribution >= 0.6 is 0 Å². The average molecular weight is 290 g/mol. The zero-order valence-electron chi connectivity index (χ0n) is 12.1. The fraction of sp³-hybridized carbons (Fsp3) is 0.917. The van der Waals surface area contributed by atoms with E-state index in [2.05, 4.69) is 20.3 Å². The van der Waals surface area contributed by atoms with Crippen molar-refractivity contribution >= 4 is 16.0 Å². The van der Waals surface area contributed by atoms with Gasteiger partial charge in [-0.05, 0) is 32.6 Å². The maximum absolute atomic E-state index is 11.3. The Bertz CT molecular complexity index is 387. The second-order valence-electron chi connectivity index (χ2n) is 4.94. The number of sulfonamides is 1. The van der Waals surface area contributed by atoms with Crippen LogP contribution in [0.25, 0.3) is 0 Å². The molecule has 1 rings (SSSR count). The lowest BCUT2D eigenvalue weighted by Crippen LogP contribution is -2.40. The smallest absolute Gasteiger partial charge is 0.208 e. The fourth-order valence-electron chi connectivity index (χ4n) is 2.40. The lowest BCUT2D eigenvalue weighted by molar-refractivity contribution is 0.454. The maximum atomic E-state index is 11.3. The summed E-state index contributed by atoms with van der Waals surface area (Å²) in [6.45, 7) is 6.35. The molecule has 0 heterocycles. The molecule has 1 fully saturated rings. The summed E-state index contributed by atoms with van der Waals surface area (Å²) in [4.78, 5) is 4.53. The van der Waals surface area contributed by atoms with Gasteiger partial charge in [0, 0.05) is 25.7 Å². The third-order valence-electron chi connectivity index (χ3n) is 3.20. The molecule has 0 aromatic rings. The highest BCUT2D eigenvalue weighted by Crippen LogP contribution is 2.26. The van der Waals surface area contributed by atoms with Crippen LogP contribution in [0, 0.1) is 5.92 Å². The van der Waals surface area contributed by atoms with Gasteiger partial charge >= 0.3 is 0 Å². The van der Waals surface area contributed by atoms with Crippen molar-refractivity contribution in [2.75, 3.05) is 25.9 Å². The average Bonchev–Trinajstić information content (AvgIpc) is 2.71. The summed E-state index contributed by atoms with van der Waals surface area (Å²) < 4.78 is 25.3. The third kappa shape index (κ3) is 6.24. The zero-order chi connectivity index (χ0) is 14.3. The number of nitrogens with zero attached hydrogens (tertiary/aromatic N) is 1. The first kappa shape index (κ1) is 16.2. The Morgan fingerprint density at radius 3 is 2.37 bits per heavy atom. The van der Waals surface area contributed by atoms with E-state index in [1.54, 1.807) is 0 Å². The Balaban J connectivity index is 2.56. The molecule has 0 bridgehead atoms. The van der Waals surface area contributed by atoms with Gasteiger partial charge in [0.1, 0.15) is 0 Å². The number of nitrogens with one attached hydrogen (secondary N) is 3. The molecule has 112 valence electrons. The molecule has 0 spiro atoms. The first-order chi connectivity index (χ1) is 8.96. The van der Waals surface area contributed by atoms with Crippen molar-refractivity contribution in [3.63, 3.8) is 0 Å². The highest BCUT2D eigenvalue weighted by molar-refractivity contribution is 7.88. The van der Waals surface area contributed by atoms with Crippen molar-refractivity contribution in [3.05, 3.63) is 0 Å². The van der Waals surface area contributed by atoms with E-state index in [9.17, 15) is 8.42 Å². The molecule has 2 atom stereocenters. The Labute approximate surface area is 116 Å². The minimum absolute atomic E-state index is 0.0308. The van der Waals surface area contributed by atoms with Crippen molar-refractivity contribution in [1.29, 1.82) is 0 Å². The highest BCUT2D eigenvalue weighted by Gasteiger charge is 2.29. The van der Waals surface area contributed by atoms with E-state index in [4.69, 9.17) is 0 Å². The van der Waals surface area contributed by atoms with Gasteiger partial charge in [-0.2, -0.15) is 0 Å². The van der Waals surface area contributed by atoms with E-state index < -0.39 is 10.0 Å². The minimum atomic E-state index is -3.13. The standard InChI is InChI=1S/C12H26N4O2S/c1-4-13-12(14-5-2)15-9-10-7-6-8-11(10)16-19(3,17)18/h10-11,16H,4-9H2,1-3H3,(H2,13,14,15). The lowest BCUT2D eigenvalue weighted by atomic mass is 10.1. The number of guanidine groups is 1. The fourth-order valence-corrected chi connectivity index (χ4v) is 3.26. The van der Waals surface area contributed by atoms with Crippen LogP contribution in [0.15, 0.2) is 4.99 Å². The Hall–Kier alpha value is -0.820. The molecule has 3 N–H and O–H groups in total. The van der Waals surface area contributed by atoms with Crippen molar-refractivity contribution in [2.24, 2.45) is 10.9 Å². The van der Waals surface area contributed by atoms with Gasteiger partial charge in [-0.25, -0.2) is 13.1 Å². The van der Waals surface area contributed by atoms with Crippen LogP contribution < -0.4 is 15.4 Å². The molecule has 7 heteroatoms. The summed E-state index contributed by atoms with van der Waals surface area (Å²) in [5, 5.41) is 6.34. The molecular formula is C12H26N4O2S. The van der Waals surface area contributed by atoms with Gasteiger partial charge in [0.15, 0.2) is 5.96 Å². The lowest BCUT2D eigenvalue weighted by Gasteiger charge is -2.19. The Kier molecular flexibility index (Phi) is 6.57. The topological polar surface area (TPSA) is 82.6 Å². The van der Waals surface area contributed by atoms with Crippen molar-refractivity contribution < 1.29 is 8.42 Å². The number of hydrogen-bond acceptors (Lipinski definition) is 3. The molecule has 0 saturated heterocycles. The van der Waals surface area contributed by atoms with Crippen molar-refractivity contribution in [2.45, 2.75) is 39.2 Å². The summed E-state index contributed by atoms with van der Waals surface area (Å²) in [5.41, 5.74) is 0. The summed E-state index contributed by atoms with van der Waals surface area (Å²) in [7, 11) is -3.13. The van der Waals surface area contributed by atoms with E-state index in [1.807, 2.05) is 13.8 Å². The van der Waals surface area contributed by atoms with Crippen LogP contribution in [0.5, 0.6) is 0 Å². The van der Waals surface area contributed by atoms with Crippen LogP contribution in [-0.2, 0) is 10.0 Å². The molecule has 0 aromatic heterocycles. The SMILES string of the molecule is CCNC(=NCC1CCCC1NS(C)(=O)=O)NCC. The predicted molar refractivity (Wildman–Crippen MR) is 78.8 cm³/mol. The van der Waals surface area contributed by atoms with Gasteiger partial charge in [0.25, 0.3) is 0 Å². The minimum Gasteiger partial charge on any atom is -0.357 e. The predicted octanol–water partition coefficient (Wildman–Crippen LogP) is 0.279. The Morgan fingerprint density at radius 1 is 1.21 bits per heavy atom. The summed E-state index contributed by atoms with van der Waals surface area (Å²) in [5.74, 6) is 1.09. The van der Waals surface area contributed by atoms with E-state index in [0.717, 1.165) is 38.3 Å². The normalized spacial score (nSPS) is 23.1. The highest BCUT2D eigenvalue weighted by atomic mass is 32.2. The van der Waals surface area contributed by atoms with Gasteiger partial charge in [-0.3, -0.25) is 4.99 Å². The van der Waals surface area contributed by atoms with Gasteiger partial charge in [-0.1, -0.05) is 6.42 Å². The molecule has 0 aromatic carbocycles. The molecule has 0 radical (unpaired) electrons. The van der Waals surface area contributed by atoms with E-state index in [-0.39, 0.29) is 6.04 Å². The molecular weight excluding hydrogens is 264 g/mol. The first-order valence-electron chi connectivity index (χ1n) is 6.95. The van der Waals surface area contributed by atoms with Crippen LogP contribution in [-0.4, -0.2) is 46.3 Å². The largest absolute Gasteiger partial charge is 0.357 e. The maximum Gasteiger partial charge on any atom is 0.208 e. The van der Waals surface area contributed by atoms with E-state index >= 15 is 0 Å². The summed E-state index contributed by atoms with van der Waals surface area (Å²) in [6, 6.07) is 0.0308. The van der Waals surface area contributed by atoms with Crippen molar-refractivity contribution in [1.82, 2.24) is 15.4 Å². The van der Waals surface area contributed by atoms with Crippen LogP contribution in [0.3, 0.4) is 0 Å². The molecule has 2 unspecified atom stereocenters. The molecule has 19 heavy (non-hydrogen) atoms. The number of rotatable bonds is 6. The first-order valence-corrected chi connectivity index (χ1v) is 8.85. The van der Waals surface area contributed by atoms with Gasteiger partial charge in [0.2, 0.25) is 10.0 Å². The zero-order valence-corrected chi connectivity index (χ0v) is 12.9. The van der Waals surface area contributed by atoms with E-state index in [1.165, 1.54) is 6.26 Å². The molecule has 1 saturated carbocycles. The van der Waals surface area contributed by atoms with Crippen LogP contribution in [0.4, 0.5) is 0 Å². The second-order valence-corrected chi connectivity index (χ2v) is 6.72. The molecule has 1 aliphatic rings. The van der Waals surface area contributed by atoms with Gasteiger partial charge < -0.3 is 10.6 Å². The monoisotopic (exact) mass is 290 g/mol. The second kappa shape index (κ2) is 7.69. The molecule has 6 nitrogen and oxygen atoms in total. The van der Waals surface area contributed by atoms with Gasteiger partial charge in [0.05, 0.1) is 6.26 Å². The van der Waals surface area contributed by atoms with E-state index in [0.29, 0.717) is 12.5 Å². The van der Waals surface area contributed by atoms with Crippen LogP contribution in [0.2, 0.25) is 0 Å². The van der Waals surface area contributed by atoms with Crippen LogP contribution in [0.1, 0.15) is 33.1 Å². The molecule has 1 aliphatic carbocycles. The number of aliphatic imine (C=N–C) groups is 1. The quantitative estimate of drug-likeness (QED) is 0.485. The van der Waals surface area contributed by atoms with Gasteiger partial charge in [-0.15, -0.1) is 0 Å². The van der Waals surface area contributed by atoms with Crippen molar-refractivity contribution in [3.8, 4) is 0 Å².